The van der Waals surface area contributed by atoms with E-state index in [1.807, 2.05) is 30.3 Å². The molecule has 130 valence electrons. The molecule has 3 rings (SSSR count). The van der Waals surface area contributed by atoms with Crippen LogP contribution in [0.1, 0.15) is 17.5 Å². The number of nitrogens with one attached hydrogen (secondary N) is 1. The van der Waals surface area contributed by atoms with Crippen molar-refractivity contribution in [1.29, 1.82) is 5.26 Å². The van der Waals surface area contributed by atoms with E-state index in [-0.39, 0.29) is 18.9 Å². The van der Waals surface area contributed by atoms with E-state index >= 15 is 0 Å². The average Bonchev–Trinajstić information content (AvgIpc) is 2.66. The van der Waals surface area contributed by atoms with Crippen LogP contribution in [0.5, 0.6) is 5.75 Å². The van der Waals surface area contributed by atoms with Crippen LogP contribution in [0, 0.1) is 11.3 Å². The number of ether oxygens (including phenoxy) is 1. The molecule has 0 saturated heterocycles. The minimum Gasteiger partial charge on any atom is -0.489 e. The number of halogens is 1. The number of amides is 1. The first-order valence-corrected chi connectivity index (χ1v) is 8.56. The van der Waals surface area contributed by atoms with E-state index in [4.69, 9.17) is 21.6 Å². The first-order chi connectivity index (χ1) is 12.7. The fourth-order valence-corrected chi connectivity index (χ4v) is 2.92. The van der Waals surface area contributed by atoms with Crippen molar-refractivity contribution in [3.63, 3.8) is 0 Å². The second-order valence-electron chi connectivity index (χ2n) is 5.79. The van der Waals surface area contributed by atoms with Gasteiger partial charge in [-0.25, -0.2) is 0 Å². The fraction of sp³-hybridized carbons (Fsp3) is 0.143. The SMILES string of the molecule is N#CCC(=O)NCc1cc(Cl)ccc1OCc1cccc2ccccc12. The van der Waals surface area contributed by atoms with Crippen molar-refractivity contribution in [3.05, 3.63) is 76.8 Å². The lowest BCUT2D eigenvalue weighted by Gasteiger charge is -2.14. The third-order valence-corrected chi connectivity index (χ3v) is 4.24. The summed E-state index contributed by atoms with van der Waals surface area (Å²) in [6, 6.07) is 21.4. The van der Waals surface area contributed by atoms with Gasteiger partial charge in [-0.2, -0.15) is 5.26 Å². The minimum absolute atomic E-state index is 0.174. The fourth-order valence-electron chi connectivity index (χ4n) is 2.73. The summed E-state index contributed by atoms with van der Waals surface area (Å²) in [6.07, 6.45) is -0.174. The van der Waals surface area contributed by atoms with Crippen molar-refractivity contribution in [2.24, 2.45) is 0 Å². The Morgan fingerprint density at radius 1 is 1.08 bits per heavy atom. The van der Waals surface area contributed by atoms with Crippen LogP contribution < -0.4 is 10.1 Å². The van der Waals surface area contributed by atoms with E-state index in [0.717, 1.165) is 21.9 Å². The lowest BCUT2D eigenvalue weighted by atomic mass is 10.1. The third-order valence-electron chi connectivity index (χ3n) is 4.00. The van der Waals surface area contributed by atoms with E-state index < -0.39 is 0 Å². The predicted octanol–water partition coefficient (Wildman–Crippen LogP) is 4.60. The zero-order valence-electron chi connectivity index (χ0n) is 14.0. The van der Waals surface area contributed by atoms with Gasteiger partial charge in [0.2, 0.25) is 5.91 Å². The Morgan fingerprint density at radius 3 is 2.73 bits per heavy atom. The highest BCUT2D eigenvalue weighted by molar-refractivity contribution is 6.30. The van der Waals surface area contributed by atoms with Crippen LogP contribution in [0.4, 0.5) is 0 Å². The van der Waals surface area contributed by atoms with Crippen molar-refractivity contribution >= 4 is 28.3 Å². The number of carbonyl (C=O) groups excluding carboxylic acids is 1. The number of nitrogens with zero attached hydrogens (tertiary/aromatic N) is 1. The van der Waals surface area contributed by atoms with E-state index in [2.05, 4.69) is 23.5 Å². The number of benzene rings is 3. The predicted molar refractivity (Wildman–Crippen MR) is 102 cm³/mol. The molecular weight excluding hydrogens is 348 g/mol. The minimum atomic E-state index is -0.326. The molecule has 0 spiro atoms. The van der Waals surface area contributed by atoms with Gasteiger partial charge in [-0.1, -0.05) is 54.1 Å². The molecule has 1 amide bonds. The van der Waals surface area contributed by atoms with E-state index in [1.54, 1.807) is 18.2 Å². The first-order valence-electron chi connectivity index (χ1n) is 8.19. The smallest absolute Gasteiger partial charge is 0.234 e. The third kappa shape index (κ3) is 4.33. The number of hydrogen-bond donors (Lipinski definition) is 1. The van der Waals surface area contributed by atoms with Crippen molar-refractivity contribution in [2.75, 3.05) is 0 Å². The van der Waals surface area contributed by atoms with Gasteiger partial charge in [0.1, 0.15) is 18.8 Å². The molecule has 0 aromatic heterocycles. The molecule has 0 saturated carbocycles. The van der Waals surface area contributed by atoms with Gasteiger partial charge in [-0.3, -0.25) is 4.79 Å². The van der Waals surface area contributed by atoms with Gasteiger partial charge in [0.15, 0.2) is 0 Å². The Hall–Kier alpha value is -3.03. The second kappa shape index (κ2) is 8.37. The van der Waals surface area contributed by atoms with Crippen molar-refractivity contribution in [3.8, 4) is 11.8 Å². The molecule has 3 aromatic rings. The summed E-state index contributed by atoms with van der Waals surface area (Å²) >= 11 is 6.07. The molecule has 1 N–H and O–H groups in total. The summed E-state index contributed by atoms with van der Waals surface area (Å²) in [5.41, 5.74) is 1.85. The van der Waals surface area contributed by atoms with Crippen LogP contribution >= 0.6 is 11.6 Å². The molecule has 0 aliphatic carbocycles. The summed E-state index contributed by atoms with van der Waals surface area (Å²) in [7, 11) is 0. The highest BCUT2D eigenvalue weighted by Gasteiger charge is 2.09. The zero-order chi connectivity index (χ0) is 18.4. The van der Waals surface area contributed by atoms with E-state index in [1.165, 1.54) is 0 Å². The van der Waals surface area contributed by atoms with E-state index in [9.17, 15) is 4.79 Å². The van der Waals surface area contributed by atoms with Crippen LogP contribution in [0.2, 0.25) is 5.02 Å². The molecule has 0 heterocycles. The highest BCUT2D eigenvalue weighted by Crippen LogP contribution is 2.25. The summed E-state index contributed by atoms with van der Waals surface area (Å²) < 4.78 is 6.00. The molecule has 5 heteroatoms. The number of carbonyl (C=O) groups is 1. The number of rotatable bonds is 6. The Kier molecular flexibility index (Phi) is 5.73. The van der Waals surface area contributed by atoms with Crippen LogP contribution in [0.25, 0.3) is 10.8 Å². The monoisotopic (exact) mass is 364 g/mol. The van der Waals surface area contributed by atoms with Crippen LogP contribution in [0.15, 0.2) is 60.7 Å². The van der Waals surface area contributed by atoms with Gasteiger partial charge >= 0.3 is 0 Å². The molecule has 0 atom stereocenters. The van der Waals surface area contributed by atoms with Gasteiger partial charge < -0.3 is 10.1 Å². The standard InChI is InChI=1S/C21H17ClN2O2/c22-18-8-9-20(17(12-18)13-24-21(25)10-11-23)26-14-16-6-3-5-15-4-1-2-7-19(15)16/h1-9,12H,10,13-14H2,(H,24,25). The quantitative estimate of drug-likeness (QED) is 0.695. The largest absolute Gasteiger partial charge is 0.489 e. The summed E-state index contributed by atoms with van der Waals surface area (Å²) in [4.78, 5) is 11.5. The highest BCUT2D eigenvalue weighted by atomic mass is 35.5. The Morgan fingerprint density at radius 2 is 1.88 bits per heavy atom. The zero-order valence-corrected chi connectivity index (χ0v) is 14.8. The summed E-state index contributed by atoms with van der Waals surface area (Å²) in [6.45, 7) is 0.661. The lowest BCUT2D eigenvalue weighted by Crippen LogP contribution is -2.22. The average molecular weight is 365 g/mol. The molecule has 0 aliphatic heterocycles. The van der Waals surface area contributed by atoms with Gasteiger partial charge in [0, 0.05) is 17.1 Å². The van der Waals surface area contributed by atoms with Gasteiger partial charge in [-0.15, -0.1) is 0 Å². The maximum atomic E-state index is 11.5. The van der Waals surface area contributed by atoms with Crippen LogP contribution in [0.3, 0.4) is 0 Å². The molecule has 4 nitrogen and oxygen atoms in total. The molecule has 3 aromatic carbocycles. The molecule has 0 radical (unpaired) electrons. The number of hydrogen-bond acceptors (Lipinski definition) is 3. The van der Waals surface area contributed by atoms with E-state index in [0.29, 0.717) is 17.4 Å². The normalized spacial score (nSPS) is 10.3. The van der Waals surface area contributed by atoms with Gasteiger partial charge in [0.25, 0.3) is 0 Å². The van der Waals surface area contributed by atoms with Gasteiger partial charge in [0.05, 0.1) is 6.07 Å². The Balaban J connectivity index is 1.77. The second-order valence-corrected chi connectivity index (χ2v) is 6.23. The summed E-state index contributed by atoms with van der Waals surface area (Å²) in [5, 5.41) is 14.1. The lowest BCUT2D eigenvalue weighted by molar-refractivity contribution is -0.120. The molecule has 26 heavy (non-hydrogen) atoms. The van der Waals surface area contributed by atoms with Crippen molar-refractivity contribution in [1.82, 2.24) is 5.32 Å². The van der Waals surface area contributed by atoms with Gasteiger partial charge in [-0.05, 0) is 34.5 Å². The maximum absolute atomic E-state index is 11.5. The molecule has 0 bridgehead atoms. The number of nitriles is 1. The molecule has 0 aliphatic rings. The molecular formula is C21H17ClN2O2. The Labute approximate surface area is 157 Å². The van der Waals surface area contributed by atoms with Crippen molar-refractivity contribution in [2.45, 2.75) is 19.6 Å². The molecule has 0 fully saturated rings. The Bertz CT molecular complexity index is 974. The summed E-state index contributed by atoms with van der Waals surface area (Å²) in [5.74, 6) is 0.326. The van der Waals surface area contributed by atoms with Crippen LogP contribution in [-0.4, -0.2) is 5.91 Å². The number of fused-ring (bicyclic) bond motifs is 1. The topological polar surface area (TPSA) is 62.1 Å². The molecule has 0 unspecified atom stereocenters. The van der Waals surface area contributed by atoms with Crippen LogP contribution in [-0.2, 0) is 17.9 Å². The first kappa shape index (κ1) is 17.8. The van der Waals surface area contributed by atoms with Crippen molar-refractivity contribution < 1.29 is 9.53 Å². The maximum Gasteiger partial charge on any atom is 0.234 e.